The van der Waals surface area contributed by atoms with Crippen LogP contribution in [0.25, 0.3) is 0 Å². The minimum absolute atomic E-state index is 0.129. The Balaban J connectivity index is 0. The van der Waals surface area contributed by atoms with Crippen molar-refractivity contribution < 1.29 is 48.0 Å². The Morgan fingerprint density at radius 1 is 0.553 bits per heavy atom. The smallest absolute Gasteiger partial charge is 0.333 e. The Morgan fingerprint density at radius 2 is 0.711 bits per heavy atom. The minimum Gasteiger partial charge on any atom is -0.455 e. The van der Waals surface area contributed by atoms with E-state index in [9.17, 15) is 39.4 Å². The summed E-state index contributed by atoms with van der Waals surface area (Å²) in [5, 5.41) is 21.9. The lowest BCUT2D eigenvalue weighted by Gasteiger charge is -2.20. The SMILES string of the molecule is C=C(C)C(=O)OCC(C)(COC(=O)C(=C)C)[N+](=O)[O-].C=C(C)C(=O)OCC(C)(COC(=O)C(=C)C)[N+](=O)[O-]. The molecule has 0 unspecified atom stereocenters. The summed E-state index contributed by atoms with van der Waals surface area (Å²) in [4.78, 5) is 65.4. The van der Waals surface area contributed by atoms with Gasteiger partial charge in [0, 0.05) is 46.0 Å². The first-order valence-electron chi connectivity index (χ1n) is 10.8. The molecule has 0 aromatic heterocycles. The van der Waals surface area contributed by atoms with Crippen LogP contribution in [0.3, 0.4) is 0 Å². The first kappa shape index (κ1) is 35.8. The predicted octanol–water partition coefficient (Wildman–Crippen LogP) is 2.52. The van der Waals surface area contributed by atoms with Gasteiger partial charge in [-0.3, -0.25) is 20.2 Å². The Bertz CT molecular complexity index is 872. The largest absolute Gasteiger partial charge is 0.455 e. The first-order valence-corrected chi connectivity index (χ1v) is 10.8. The normalized spacial score (nSPS) is 10.5. The van der Waals surface area contributed by atoms with E-state index < -0.39 is 71.2 Å². The Kier molecular flexibility index (Phi) is 14.8. The maximum atomic E-state index is 11.2. The van der Waals surface area contributed by atoms with Crippen LogP contribution in [0.2, 0.25) is 0 Å². The molecule has 0 radical (unpaired) electrons. The lowest BCUT2D eigenvalue weighted by Crippen LogP contribution is -2.45. The molecule has 0 heterocycles. The predicted molar refractivity (Wildman–Crippen MR) is 134 cm³/mol. The maximum Gasteiger partial charge on any atom is 0.333 e. The molecule has 14 heteroatoms. The van der Waals surface area contributed by atoms with Gasteiger partial charge in [-0.25, -0.2) is 19.2 Å². The zero-order valence-corrected chi connectivity index (χ0v) is 22.5. The maximum absolute atomic E-state index is 11.2. The van der Waals surface area contributed by atoms with Crippen LogP contribution >= 0.6 is 0 Å². The quantitative estimate of drug-likeness (QED) is 0.103. The minimum atomic E-state index is -1.71. The summed E-state index contributed by atoms with van der Waals surface area (Å²) < 4.78 is 18.9. The van der Waals surface area contributed by atoms with Crippen molar-refractivity contribution in [2.75, 3.05) is 26.4 Å². The molecule has 0 atom stereocenters. The number of carbonyl (C=O) groups excluding carboxylic acids is 4. The Morgan fingerprint density at radius 3 is 0.816 bits per heavy atom. The van der Waals surface area contributed by atoms with Crippen molar-refractivity contribution in [2.24, 2.45) is 0 Å². The summed E-state index contributed by atoms with van der Waals surface area (Å²) >= 11 is 0. The van der Waals surface area contributed by atoms with Gasteiger partial charge in [0.1, 0.15) is 0 Å². The van der Waals surface area contributed by atoms with Crippen LogP contribution in [0.4, 0.5) is 0 Å². The highest BCUT2D eigenvalue weighted by Gasteiger charge is 2.42. The van der Waals surface area contributed by atoms with Crippen molar-refractivity contribution in [3.63, 3.8) is 0 Å². The summed E-state index contributed by atoms with van der Waals surface area (Å²) in [6.07, 6.45) is 0. The average Bonchev–Trinajstić information content (AvgIpc) is 2.82. The third-order valence-corrected chi connectivity index (χ3v) is 4.33. The van der Waals surface area contributed by atoms with Crippen molar-refractivity contribution in [1.29, 1.82) is 0 Å². The van der Waals surface area contributed by atoms with Crippen LogP contribution in [0, 0.1) is 20.2 Å². The van der Waals surface area contributed by atoms with Crippen LogP contribution in [0.15, 0.2) is 48.6 Å². The molecule has 0 saturated heterocycles. The number of nitro groups is 2. The van der Waals surface area contributed by atoms with Gasteiger partial charge in [-0.05, 0) is 27.7 Å². The molecule has 0 aliphatic rings. The number of hydrogen-bond donors (Lipinski definition) is 0. The topological polar surface area (TPSA) is 191 Å². The fraction of sp³-hybridized carbons (Fsp3) is 0.500. The van der Waals surface area contributed by atoms with Crippen LogP contribution in [0.1, 0.15) is 41.5 Å². The van der Waals surface area contributed by atoms with Gasteiger partial charge in [0.2, 0.25) is 0 Å². The molecule has 0 aromatic carbocycles. The van der Waals surface area contributed by atoms with Crippen LogP contribution in [-0.4, -0.2) is 71.2 Å². The molecule has 212 valence electrons. The highest BCUT2D eigenvalue weighted by atomic mass is 16.7. The summed E-state index contributed by atoms with van der Waals surface area (Å²) in [5.41, 5.74) is -2.91. The molecule has 14 nitrogen and oxygen atoms in total. The molecular formula is C24H34N2O12. The fourth-order valence-electron chi connectivity index (χ4n) is 1.67. The number of carbonyl (C=O) groups is 4. The van der Waals surface area contributed by atoms with E-state index in [2.05, 4.69) is 26.3 Å². The number of ether oxygens (including phenoxy) is 4. The summed E-state index contributed by atoms with van der Waals surface area (Å²) in [5.74, 6) is -2.95. The van der Waals surface area contributed by atoms with Crippen LogP contribution in [0.5, 0.6) is 0 Å². The van der Waals surface area contributed by atoms with Crippen molar-refractivity contribution in [1.82, 2.24) is 0 Å². The van der Waals surface area contributed by atoms with E-state index in [0.717, 1.165) is 0 Å². The summed E-state index contributed by atoms with van der Waals surface area (Å²) in [7, 11) is 0. The van der Waals surface area contributed by atoms with E-state index in [0.29, 0.717) is 0 Å². The molecule has 0 aliphatic carbocycles. The molecule has 0 fully saturated rings. The van der Waals surface area contributed by atoms with E-state index in [1.54, 1.807) is 0 Å². The number of hydrogen-bond acceptors (Lipinski definition) is 12. The van der Waals surface area contributed by atoms with Gasteiger partial charge in [-0.2, -0.15) is 0 Å². The molecule has 0 bridgehead atoms. The van der Waals surface area contributed by atoms with Crippen molar-refractivity contribution >= 4 is 23.9 Å². The van der Waals surface area contributed by atoms with Crippen LogP contribution in [-0.2, 0) is 38.1 Å². The lowest BCUT2D eigenvalue weighted by molar-refractivity contribution is -0.571. The van der Waals surface area contributed by atoms with Gasteiger partial charge in [-0.1, -0.05) is 26.3 Å². The van der Waals surface area contributed by atoms with Gasteiger partial charge in [0.05, 0.1) is 0 Å². The third kappa shape index (κ3) is 13.1. The van der Waals surface area contributed by atoms with E-state index in [-0.39, 0.29) is 22.3 Å². The monoisotopic (exact) mass is 542 g/mol. The molecule has 0 amide bonds. The standard InChI is InChI=1S/2C12H17NO6/c2*1-8(2)10(14)18-6-12(5,13(16)17)7-19-11(15)9(3)4/h2*1,3,6-7H2,2,4-5H3. The van der Waals surface area contributed by atoms with Gasteiger partial charge in [0.15, 0.2) is 26.4 Å². The van der Waals surface area contributed by atoms with E-state index in [1.807, 2.05) is 0 Å². The molecule has 0 aliphatic heterocycles. The molecular weight excluding hydrogens is 508 g/mol. The van der Waals surface area contributed by atoms with Gasteiger partial charge >= 0.3 is 23.9 Å². The molecule has 0 N–H and O–H groups in total. The van der Waals surface area contributed by atoms with E-state index in [1.165, 1.54) is 41.5 Å². The first-order chi connectivity index (χ1) is 17.2. The average molecular weight is 543 g/mol. The molecule has 0 spiro atoms. The molecule has 0 aromatic rings. The Labute approximate surface area is 220 Å². The van der Waals surface area contributed by atoms with Crippen molar-refractivity contribution in [2.45, 2.75) is 52.6 Å². The van der Waals surface area contributed by atoms with Crippen molar-refractivity contribution in [3.05, 3.63) is 68.8 Å². The molecule has 0 saturated carbocycles. The molecule has 0 rings (SSSR count). The number of nitrogens with zero attached hydrogens (tertiary/aromatic N) is 2. The van der Waals surface area contributed by atoms with Gasteiger partial charge in [-0.15, -0.1) is 0 Å². The van der Waals surface area contributed by atoms with E-state index >= 15 is 0 Å². The zero-order chi connectivity index (χ0) is 30.4. The molecule has 38 heavy (non-hydrogen) atoms. The lowest BCUT2D eigenvalue weighted by atomic mass is 10.1. The summed E-state index contributed by atoms with van der Waals surface area (Å²) in [6, 6.07) is 0. The van der Waals surface area contributed by atoms with Gasteiger partial charge in [0.25, 0.3) is 11.1 Å². The summed E-state index contributed by atoms with van der Waals surface area (Å²) in [6.45, 7) is 19.5. The Hall–Kier alpha value is -4.36. The van der Waals surface area contributed by atoms with Gasteiger partial charge < -0.3 is 18.9 Å². The second-order valence-corrected chi connectivity index (χ2v) is 8.93. The number of esters is 4. The third-order valence-electron chi connectivity index (χ3n) is 4.33. The van der Waals surface area contributed by atoms with E-state index in [4.69, 9.17) is 18.9 Å². The highest BCUT2D eigenvalue weighted by Crippen LogP contribution is 2.14. The second-order valence-electron chi connectivity index (χ2n) is 8.93. The highest BCUT2D eigenvalue weighted by molar-refractivity contribution is 5.88. The fourth-order valence-corrected chi connectivity index (χ4v) is 1.67. The van der Waals surface area contributed by atoms with Crippen LogP contribution < -0.4 is 0 Å². The second kappa shape index (κ2) is 15.7. The number of rotatable bonds is 14. The van der Waals surface area contributed by atoms with Crippen molar-refractivity contribution in [3.8, 4) is 0 Å². The zero-order valence-electron chi connectivity index (χ0n) is 22.5.